The molecule has 0 aliphatic carbocycles. The van der Waals surface area contributed by atoms with Crippen molar-refractivity contribution in [2.75, 3.05) is 13.6 Å². The van der Waals surface area contributed by atoms with Crippen LogP contribution in [0.25, 0.3) is 0 Å². The smallest absolute Gasteiger partial charge is 0.194 e. The van der Waals surface area contributed by atoms with E-state index in [1.54, 1.807) is 23.0 Å². The largest absolute Gasteiger partial charge is 0.357 e. The summed E-state index contributed by atoms with van der Waals surface area (Å²) in [5, 5.41) is 16.1. The molecule has 1 heterocycles. The van der Waals surface area contributed by atoms with E-state index in [9.17, 15) is 4.39 Å². The number of hydrogen-bond donors (Lipinski definition) is 1. The quantitative estimate of drug-likeness (QED) is 0.673. The third-order valence-corrected chi connectivity index (χ3v) is 3.46. The molecule has 0 saturated carbocycles. The van der Waals surface area contributed by atoms with Crippen molar-refractivity contribution in [3.05, 3.63) is 53.1 Å². The Labute approximate surface area is 141 Å². The van der Waals surface area contributed by atoms with Crippen LogP contribution in [0.3, 0.4) is 0 Å². The van der Waals surface area contributed by atoms with Gasteiger partial charge in [0.2, 0.25) is 0 Å². The number of aliphatic imine (C=N–C) groups is 1. The lowest BCUT2D eigenvalue weighted by atomic mass is 10.1. The molecule has 1 aromatic carbocycles. The van der Waals surface area contributed by atoms with Gasteiger partial charge in [-0.3, -0.25) is 4.68 Å². The highest BCUT2D eigenvalue weighted by Gasteiger charge is 2.09. The van der Waals surface area contributed by atoms with Crippen molar-refractivity contribution in [2.24, 2.45) is 12.0 Å². The van der Waals surface area contributed by atoms with Gasteiger partial charge in [0.1, 0.15) is 5.82 Å². The van der Waals surface area contributed by atoms with Crippen molar-refractivity contribution in [1.29, 1.82) is 5.26 Å². The van der Waals surface area contributed by atoms with Crippen LogP contribution in [0.2, 0.25) is 0 Å². The normalized spacial score (nSPS) is 11.2. The van der Waals surface area contributed by atoms with E-state index in [0.717, 1.165) is 5.56 Å². The van der Waals surface area contributed by atoms with E-state index in [0.29, 0.717) is 30.2 Å². The van der Waals surface area contributed by atoms with E-state index >= 15 is 0 Å². The first-order valence-electron chi connectivity index (χ1n) is 7.69. The molecular weight excluding hydrogens is 307 g/mol. The van der Waals surface area contributed by atoms with Crippen LogP contribution < -0.4 is 5.32 Å². The van der Waals surface area contributed by atoms with Gasteiger partial charge in [0, 0.05) is 44.5 Å². The highest BCUT2D eigenvalue weighted by Crippen LogP contribution is 2.11. The zero-order valence-electron chi connectivity index (χ0n) is 14.1. The van der Waals surface area contributed by atoms with Crippen molar-refractivity contribution >= 4 is 5.96 Å². The van der Waals surface area contributed by atoms with E-state index in [4.69, 9.17) is 5.26 Å². The van der Waals surface area contributed by atoms with Gasteiger partial charge < -0.3 is 10.2 Å². The van der Waals surface area contributed by atoms with E-state index in [1.165, 1.54) is 6.07 Å². The fourth-order valence-electron chi connectivity index (χ4n) is 2.28. The molecular formula is C17H21FN6. The number of rotatable bonds is 5. The van der Waals surface area contributed by atoms with Gasteiger partial charge in [-0.05, 0) is 19.1 Å². The minimum Gasteiger partial charge on any atom is -0.357 e. The summed E-state index contributed by atoms with van der Waals surface area (Å²) >= 11 is 0. The second kappa shape index (κ2) is 8.11. The molecule has 2 rings (SSSR count). The van der Waals surface area contributed by atoms with Crippen LogP contribution in [0.1, 0.15) is 23.6 Å². The molecule has 0 unspecified atom stereocenters. The number of aryl methyl sites for hydroxylation is 1. The maximum atomic E-state index is 14.0. The minimum absolute atomic E-state index is 0.206. The van der Waals surface area contributed by atoms with Gasteiger partial charge in [-0.2, -0.15) is 10.4 Å². The molecule has 0 bridgehead atoms. The predicted molar refractivity (Wildman–Crippen MR) is 90.6 cm³/mol. The lowest BCUT2D eigenvalue weighted by molar-refractivity contribution is 0.476. The van der Waals surface area contributed by atoms with Crippen LogP contribution in [-0.2, 0) is 20.1 Å². The number of nitriles is 1. The van der Waals surface area contributed by atoms with Gasteiger partial charge >= 0.3 is 0 Å². The molecule has 1 aromatic heterocycles. The summed E-state index contributed by atoms with van der Waals surface area (Å²) in [6.07, 6.45) is 3.75. The molecule has 0 spiro atoms. The SMILES string of the molecule is CCNC(=NCc1ccc(C#N)cc1F)N(C)Cc1cnn(C)c1. The Morgan fingerprint density at radius 1 is 1.50 bits per heavy atom. The predicted octanol–water partition coefficient (Wildman–Crippen LogP) is 2.03. The van der Waals surface area contributed by atoms with E-state index in [2.05, 4.69) is 15.4 Å². The molecule has 0 radical (unpaired) electrons. The summed E-state index contributed by atoms with van der Waals surface area (Å²) in [4.78, 5) is 6.44. The minimum atomic E-state index is -0.413. The molecule has 0 saturated heterocycles. The number of guanidine groups is 1. The Morgan fingerprint density at radius 2 is 2.29 bits per heavy atom. The fourth-order valence-corrected chi connectivity index (χ4v) is 2.28. The van der Waals surface area contributed by atoms with Crippen molar-refractivity contribution in [3.8, 4) is 6.07 Å². The lowest BCUT2D eigenvalue weighted by Crippen LogP contribution is -2.38. The highest BCUT2D eigenvalue weighted by atomic mass is 19.1. The Bertz CT molecular complexity index is 759. The lowest BCUT2D eigenvalue weighted by Gasteiger charge is -2.21. The molecule has 0 aliphatic rings. The summed E-state index contributed by atoms with van der Waals surface area (Å²) in [6, 6.07) is 6.35. The average molecular weight is 328 g/mol. The maximum Gasteiger partial charge on any atom is 0.194 e. The summed E-state index contributed by atoms with van der Waals surface area (Å²) in [7, 11) is 3.79. The Balaban J connectivity index is 2.11. The summed E-state index contributed by atoms with van der Waals surface area (Å²) in [6.45, 7) is 3.55. The summed E-state index contributed by atoms with van der Waals surface area (Å²) in [5.74, 6) is 0.272. The van der Waals surface area contributed by atoms with E-state index < -0.39 is 5.82 Å². The number of halogens is 1. The second-order valence-corrected chi connectivity index (χ2v) is 5.47. The van der Waals surface area contributed by atoms with Crippen molar-refractivity contribution in [3.63, 3.8) is 0 Å². The van der Waals surface area contributed by atoms with Crippen LogP contribution in [0.15, 0.2) is 35.6 Å². The topological polar surface area (TPSA) is 69.2 Å². The maximum absolute atomic E-state index is 14.0. The van der Waals surface area contributed by atoms with Gasteiger partial charge in [-0.25, -0.2) is 9.38 Å². The van der Waals surface area contributed by atoms with Gasteiger partial charge in [0.15, 0.2) is 5.96 Å². The molecule has 0 amide bonds. The van der Waals surface area contributed by atoms with Crippen LogP contribution in [0.5, 0.6) is 0 Å². The summed E-state index contributed by atoms with van der Waals surface area (Å²) < 4.78 is 15.7. The number of benzene rings is 1. The Hall–Kier alpha value is -2.88. The van der Waals surface area contributed by atoms with Crippen LogP contribution in [-0.4, -0.2) is 34.2 Å². The number of hydrogen-bond acceptors (Lipinski definition) is 3. The fraction of sp³-hybridized carbons (Fsp3) is 0.353. The molecule has 1 N–H and O–H groups in total. The van der Waals surface area contributed by atoms with Crippen molar-refractivity contribution < 1.29 is 4.39 Å². The van der Waals surface area contributed by atoms with E-state index in [-0.39, 0.29) is 6.54 Å². The molecule has 6 nitrogen and oxygen atoms in total. The number of nitrogens with one attached hydrogen (secondary N) is 1. The third kappa shape index (κ3) is 4.56. The first-order valence-corrected chi connectivity index (χ1v) is 7.69. The van der Waals surface area contributed by atoms with Gasteiger partial charge in [0.05, 0.1) is 24.4 Å². The highest BCUT2D eigenvalue weighted by molar-refractivity contribution is 5.79. The van der Waals surface area contributed by atoms with Gasteiger partial charge in [-0.15, -0.1) is 0 Å². The first kappa shape index (κ1) is 17.5. The molecule has 7 heteroatoms. The van der Waals surface area contributed by atoms with Gasteiger partial charge in [0.25, 0.3) is 0 Å². The molecule has 126 valence electrons. The average Bonchev–Trinajstić information content (AvgIpc) is 2.97. The second-order valence-electron chi connectivity index (χ2n) is 5.47. The Morgan fingerprint density at radius 3 is 2.88 bits per heavy atom. The number of aromatic nitrogens is 2. The van der Waals surface area contributed by atoms with E-state index in [1.807, 2.05) is 38.2 Å². The molecule has 24 heavy (non-hydrogen) atoms. The van der Waals surface area contributed by atoms with Crippen molar-refractivity contribution in [1.82, 2.24) is 20.0 Å². The molecule has 2 aromatic rings. The Kier molecular flexibility index (Phi) is 5.90. The van der Waals surface area contributed by atoms with Crippen LogP contribution >= 0.6 is 0 Å². The molecule has 0 aliphatic heterocycles. The zero-order valence-corrected chi connectivity index (χ0v) is 14.1. The zero-order chi connectivity index (χ0) is 17.5. The van der Waals surface area contributed by atoms with Gasteiger partial charge in [-0.1, -0.05) is 6.07 Å². The molecule has 0 fully saturated rings. The first-order chi connectivity index (χ1) is 11.5. The third-order valence-electron chi connectivity index (χ3n) is 3.46. The summed E-state index contributed by atoms with van der Waals surface area (Å²) in [5.41, 5.74) is 1.83. The number of nitrogens with zero attached hydrogens (tertiary/aromatic N) is 5. The standard InChI is InChI=1S/C17H21FN6/c1-4-20-17(23(2)11-14-9-22-24(3)12-14)21-10-15-6-5-13(8-19)7-16(15)18/h5-7,9,12H,4,10-11H2,1-3H3,(H,20,21). The monoisotopic (exact) mass is 328 g/mol. The van der Waals surface area contributed by atoms with Crippen molar-refractivity contribution in [2.45, 2.75) is 20.0 Å². The van der Waals surface area contributed by atoms with Crippen LogP contribution in [0.4, 0.5) is 4.39 Å². The molecule has 0 atom stereocenters. The van der Waals surface area contributed by atoms with Crippen LogP contribution in [0, 0.1) is 17.1 Å².